The number of hydrogen-bond acceptors (Lipinski definition) is 3. The van der Waals surface area contributed by atoms with Crippen molar-refractivity contribution in [2.45, 2.75) is 43.2 Å². The number of aromatic amines is 1. The minimum Gasteiger partial charge on any atom is -0.366 e. The fourth-order valence-corrected chi connectivity index (χ4v) is 4.14. The normalized spacial score (nSPS) is 25.9. The topological polar surface area (TPSA) is 79.2 Å². The summed E-state index contributed by atoms with van der Waals surface area (Å²) in [6.45, 7) is 4.32. The van der Waals surface area contributed by atoms with E-state index in [2.05, 4.69) is 4.98 Å². The highest BCUT2D eigenvalue weighted by atomic mass is 32.2. The van der Waals surface area contributed by atoms with Crippen molar-refractivity contribution in [3.63, 3.8) is 0 Å². The van der Waals surface area contributed by atoms with Gasteiger partial charge in [-0.25, -0.2) is 8.42 Å². The fraction of sp³-hybridized carbons (Fsp3) is 0.636. The van der Waals surface area contributed by atoms with Crippen LogP contribution in [0, 0.1) is 0 Å². The van der Waals surface area contributed by atoms with E-state index >= 15 is 0 Å². The lowest BCUT2D eigenvalue weighted by atomic mass is 9.88. The number of nitrogens with zero attached hydrogens (tertiary/aromatic N) is 1. The third-order valence-corrected chi connectivity index (χ3v) is 5.67. The van der Waals surface area contributed by atoms with E-state index in [0.29, 0.717) is 11.4 Å². The lowest BCUT2D eigenvalue weighted by Crippen LogP contribution is -2.61. The van der Waals surface area contributed by atoms with Crippen LogP contribution in [0.3, 0.4) is 0 Å². The van der Waals surface area contributed by atoms with E-state index in [9.17, 15) is 8.42 Å². The molecule has 0 radical (unpaired) electrons. The van der Waals surface area contributed by atoms with Crippen molar-refractivity contribution >= 4 is 10.0 Å². The van der Waals surface area contributed by atoms with Crippen molar-refractivity contribution in [3.8, 4) is 0 Å². The van der Waals surface area contributed by atoms with Gasteiger partial charge in [-0.2, -0.15) is 4.31 Å². The van der Waals surface area contributed by atoms with Crippen LogP contribution in [-0.4, -0.2) is 35.8 Å². The van der Waals surface area contributed by atoms with Crippen molar-refractivity contribution in [2.75, 3.05) is 6.54 Å². The van der Waals surface area contributed by atoms with Gasteiger partial charge in [0.25, 0.3) is 0 Å². The van der Waals surface area contributed by atoms with Gasteiger partial charge in [0, 0.05) is 30.5 Å². The Labute approximate surface area is 102 Å². The molecule has 2 rings (SSSR count). The van der Waals surface area contributed by atoms with Crippen LogP contribution < -0.4 is 5.73 Å². The summed E-state index contributed by atoms with van der Waals surface area (Å²) in [7, 11) is -3.44. The lowest BCUT2D eigenvalue weighted by molar-refractivity contribution is 0.142. The van der Waals surface area contributed by atoms with E-state index in [1.54, 1.807) is 12.3 Å². The van der Waals surface area contributed by atoms with E-state index in [0.717, 1.165) is 12.8 Å². The predicted octanol–water partition coefficient (Wildman–Crippen LogP) is 0.905. The molecule has 6 heteroatoms. The molecule has 1 aliphatic heterocycles. The number of rotatable bonds is 2. The second kappa shape index (κ2) is 4.12. The smallest absolute Gasteiger partial charge is 0.245 e. The number of aromatic nitrogens is 1. The molecule has 96 valence electrons. The zero-order valence-electron chi connectivity index (χ0n) is 10.2. The molecule has 0 saturated carbocycles. The number of nitrogens with one attached hydrogen (secondary N) is 1. The molecule has 1 aromatic rings. The molecule has 0 aromatic carbocycles. The van der Waals surface area contributed by atoms with E-state index < -0.39 is 15.6 Å². The minimum atomic E-state index is -3.44. The Morgan fingerprint density at radius 2 is 2.24 bits per heavy atom. The maximum absolute atomic E-state index is 12.5. The molecular weight excluding hydrogens is 238 g/mol. The predicted molar refractivity (Wildman–Crippen MR) is 66.0 cm³/mol. The largest absolute Gasteiger partial charge is 0.366 e. The van der Waals surface area contributed by atoms with Crippen LogP contribution in [-0.2, 0) is 10.0 Å². The van der Waals surface area contributed by atoms with Gasteiger partial charge >= 0.3 is 0 Å². The average molecular weight is 257 g/mol. The summed E-state index contributed by atoms with van der Waals surface area (Å²) in [5.41, 5.74) is 5.51. The quantitative estimate of drug-likeness (QED) is 0.826. The zero-order valence-corrected chi connectivity index (χ0v) is 11.0. The molecule has 0 spiro atoms. The molecule has 0 aliphatic carbocycles. The van der Waals surface area contributed by atoms with Crippen LogP contribution in [0.2, 0.25) is 0 Å². The summed E-state index contributed by atoms with van der Waals surface area (Å²) in [5, 5.41) is 0. The van der Waals surface area contributed by atoms with Gasteiger partial charge in [-0.1, -0.05) is 0 Å². The van der Waals surface area contributed by atoms with E-state index in [1.807, 2.05) is 13.8 Å². The minimum absolute atomic E-state index is 0.120. The molecule has 1 aliphatic rings. The number of H-pyrrole nitrogens is 1. The summed E-state index contributed by atoms with van der Waals surface area (Å²) in [4.78, 5) is 3.08. The highest BCUT2D eigenvalue weighted by molar-refractivity contribution is 7.89. The molecule has 2 heterocycles. The van der Waals surface area contributed by atoms with E-state index in [1.165, 1.54) is 10.5 Å². The van der Waals surface area contributed by atoms with Crippen molar-refractivity contribution in [3.05, 3.63) is 18.5 Å². The molecule has 1 unspecified atom stereocenters. The Kier molecular flexibility index (Phi) is 3.05. The molecule has 17 heavy (non-hydrogen) atoms. The highest BCUT2D eigenvalue weighted by Gasteiger charge is 2.43. The average Bonchev–Trinajstić information content (AvgIpc) is 2.75. The number of sulfonamides is 1. The van der Waals surface area contributed by atoms with Gasteiger partial charge in [-0.05, 0) is 32.8 Å². The van der Waals surface area contributed by atoms with E-state index in [4.69, 9.17) is 5.73 Å². The Bertz CT molecular complexity index is 479. The lowest BCUT2D eigenvalue weighted by Gasteiger charge is -2.45. The number of nitrogens with two attached hydrogens (primary N) is 1. The Morgan fingerprint density at radius 3 is 2.82 bits per heavy atom. The standard InChI is InChI=1S/C11H19N3O2S/c1-11(2)10(12)4-3-7-14(11)17(15,16)9-5-6-13-8-9/h5-6,8,10,13H,3-4,7,12H2,1-2H3. The molecule has 3 N–H and O–H groups in total. The first-order valence-corrected chi connectivity index (χ1v) is 7.22. The molecule has 5 nitrogen and oxygen atoms in total. The summed E-state index contributed by atoms with van der Waals surface area (Å²) in [6.07, 6.45) is 4.80. The number of piperidine rings is 1. The number of hydrogen-bond donors (Lipinski definition) is 2. The van der Waals surface area contributed by atoms with Crippen LogP contribution in [0.25, 0.3) is 0 Å². The van der Waals surface area contributed by atoms with Gasteiger partial charge in [-0.15, -0.1) is 0 Å². The maximum Gasteiger partial charge on any atom is 0.245 e. The monoisotopic (exact) mass is 257 g/mol. The fourth-order valence-electron chi connectivity index (χ4n) is 2.31. The van der Waals surface area contributed by atoms with Crippen molar-refractivity contribution in [1.82, 2.24) is 9.29 Å². The van der Waals surface area contributed by atoms with Crippen LogP contribution in [0.5, 0.6) is 0 Å². The van der Waals surface area contributed by atoms with Crippen LogP contribution in [0.15, 0.2) is 23.4 Å². The van der Waals surface area contributed by atoms with Crippen LogP contribution in [0.4, 0.5) is 0 Å². The van der Waals surface area contributed by atoms with Gasteiger partial charge in [0.1, 0.15) is 0 Å². The van der Waals surface area contributed by atoms with Gasteiger partial charge < -0.3 is 10.7 Å². The zero-order chi connectivity index (χ0) is 12.7. The molecule has 1 aromatic heterocycles. The summed E-state index contributed by atoms with van der Waals surface area (Å²) >= 11 is 0. The molecule has 1 atom stereocenters. The molecule has 1 fully saturated rings. The molecule has 0 bridgehead atoms. The molecule has 1 saturated heterocycles. The van der Waals surface area contributed by atoms with Gasteiger partial charge in [0.15, 0.2) is 0 Å². The van der Waals surface area contributed by atoms with E-state index in [-0.39, 0.29) is 6.04 Å². The third-order valence-electron chi connectivity index (χ3n) is 3.58. The van der Waals surface area contributed by atoms with Gasteiger partial charge in [0.2, 0.25) is 10.0 Å². The van der Waals surface area contributed by atoms with Gasteiger partial charge in [-0.3, -0.25) is 0 Å². The molecule has 0 amide bonds. The summed E-state index contributed by atoms with van der Waals surface area (Å²) in [5.74, 6) is 0. The van der Waals surface area contributed by atoms with Crippen molar-refractivity contribution < 1.29 is 8.42 Å². The Hall–Kier alpha value is -0.850. The van der Waals surface area contributed by atoms with Crippen molar-refractivity contribution in [2.24, 2.45) is 5.73 Å². The van der Waals surface area contributed by atoms with Gasteiger partial charge in [0.05, 0.1) is 4.90 Å². The molecular formula is C11H19N3O2S. The first-order valence-electron chi connectivity index (χ1n) is 5.78. The first-order chi connectivity index (χ1) is 7.87. The van der Waals surface area contributed by atoms with Crippen molar-refractivity contribution in [1.29, 1.82) is 0 Å². The second-order valence-corrected chi connectivity index (χ2v) is 6.89. The van der Waals surface area contributed by atoms with Crippen LogP contribution >= 0.6 is 0 Å². The Balaban J connectivity index is 2.40. The van der Waals surface area contributed by atoms with Crippen LogP contribution in [0.1, 0.15) is 26.7 Å². The Morgan fingerprint density at radius 1 is 1.53 bits per heavy atom. The summed E-state index contributed by atoms with van der Waals surface area (Å²) in [6, 6.07) is 1.45. The SMILES string of the molecule is CC1(C)C(N)CCCN1S(=O)(=O)c1cc[nH]c1. The first kappa shape index (κ1) is 12.6. The summed E-state index contributed by atoms with van der Waals surface area (Å²) < 4.78 is 26.4. The second-order valence-electron chi connectivity index (χ2n) is 5.03. The maximum atomic E-state index is 12.5. The third kappa shape index (κ3) is 2.00. The highest BCUT2D eigenvalue weighted by Crippen LogP contribution is 2.32.